The fourth-order valence-electron chi connectivity index (χ4n) is 3.69. The predicted molar refractivity (Wildman–Crippen MR) is 117 cm³/mol. The van der Waals surface area contributed by atoms with Crippen LogP contribution in [0.5, 0.6) is 5.75 Å². The lowest BCUT2D eigenvalue weighted by Crippen LogP contribution is -2.36. The van der Waals surface area contributed by atoms with Crippen LogP contribution in [0.4, 0.5) is 0 Å². The highest BCUT2D eigenvalue weighted by molar-refractivity contribution is 7.22. The van der Waals surface area contributed by atoms with Crippen LogP contribution in [0.15, 0.2) is 71.8 Å². The van der Waals surface area contributed by atoms with Crippen LogP contribution in [0.1, 0.15) is 18.0 Å². The van der Waals surface area contributed by atoms with Crippen molar-refractivity contribution in [3.05, 3.63) is 82.9 Å². The van der Waals surface area contributed by atoms with Crippen molar-refractivity contribution in [1.29, 1.82) is 0 Å². The van der Waals surface area contributed by atoms with Gasteiger partial charge in [0.2, 0.25) is 5.91 Å². The highest BCUT2D eigenvalue weighted by Crippen LogP contribution is 2.32. The molecule has 7 heteroatoms. The van der Waals surface area contributed by atoms with Gasteiger partial charge in [-0.25, -0.2) is 4.98 Å². The monoisotopic (exact) mass is 417 g/mol. The summed E-state index contributed by atoms with van der Waals surface area (Å²) in [6.45, 7) is 0.479. The van der Waals surface area contributed by atoms with Crippen LogP contribution in [-0.2, 0) is 11.3 Å². The molecule has 1 amide bonds. The van der Waals surface area contributed by atoms with Gasteiger partial charge in [0.05, 0.1) is 24.5 Å². The van der Waals surface area contributed by atoms with Crippen LogP contribution in [0, 0.1) is 0 Å². The van der Waals surface area contributed by atoms with E-state index in [0.29, 0.717) is 23.2 Å². The fourth-order valence-corrected chi connectivity index (χ4v) is 4.75. The molecule has 0 fully saturated rings. The zero-order chi connectivity index (χ0) is 20.5. The number of para-hydroxylation sites is 1. The summed E-state index contributed by atoms with van der Waals surface area (Å²) in [5.74, 6) is 0.570. The van der Waals surface area contributed by atoms with Crippen molar-refractivity contribution in [3.8, 4) is 16.2 Å². The number of nitrogens with one attached hydrogen (secondary N) is 1. The molecule has 3 heterocycles. The summed E-state index contributed by atoms with van der Waals surface area (Å²) in [5, 5.41) is 3.03. The maximum atomic E-state index is 12.9. The van der Waals surface area contributed by atoms with Crippen LogP contribution in [0.2, 0.25) is 0 Å². The van der Waals surface area contributed by atoms with E-state index in [9.17, 15) is 9.59 Å². The average molecular weight is 417 g/mol. The molecular formula is C23H19N3O3S. The first-order valence-corrected chi connectivity index (χ1v) is 10.6. The van der Waals surface area contributed by atoms with Crippen LogP contribution in [0.25, 0.3) is 20.7 Å². The Kier molecular flexibility index (Phi) is 4.80. The molecule has 2 aromatic carbocycles. The minimum Gasteiger partial charge on any atom is -0.493 e. The number of carbonyl (C=O) groups is 1. The fraction of sp³-hybridized carbons (Fsp3) is 0.174. The van der Waals surface area contributed by atoms with E-state index in [1.807, 2.05) is 60.7 Å². The third kappa shape index (κ3) is 3.48. The first-order valence-electron chi connectivity index (χ1n) is 9.74. The zero-order valence-electron chi connectivity index (χ0n) is 16.1. The second-order valence-corrected chi connectivity index (χ2v) is 8.22. The number of carbonyl (C=O) groups excluding carboxylic acids is 1. The Morgan fingerprint density at radius 1 is 1.17 bits per heavy atom. The number of hydrogen-bond donors (Lipinski definition) is 1. The summed E-state index contributed by atoms with van der Waals surface area (Å²) in [6.07, 6.45) is 2.14. The third-order valence-corrected chi connectivity index (χ3v) is 6.33. The highest BCUT2D eigenvalue weighted by Gasteiger charge is 2.23. The van der Waals surface area contributed by atoms with Gasteiger partial charge in [-0.3, -0.25) is 14.2 Å². The minimum absolute atomic E-state index is 0.0696. The Hall–Kier alpha value is -3.45. The molecule has 1 N–H and O–H groups in total. The summed E-state index contributed by atoms with van der Waals surface area (Å²) < 4.78 is 7.57. The van der Waals surface area contributed by atoms with E-state index in [-0.39, 0.29) is 24.1 Å². The molecule has 6 nitrogen and oxygen atoms in total. The average Bonchev–Trinajstić information content (AvgIpc) is 3.22. The number of fused-ring (bicyclic) bond motifs is 2. The van der Waals surface area contributed by atoms with E-state index >= 15 is 0 Å². The normalized spacial score (nSPS) is 15.4. The second kappa shape index (κ2) is 7.76. The van der Waals surface area contributed by atoms with Gasteiger partial charge in [0.25, 0.3) is 5.56 Å². The van der Waals surface area contributed by atoms with Gasteiger partial charge in [-0.2, -0.15) is 0 Å². The predicted octanol–water partition coefficient (Wildman–Crippen LogP) is 3.77. The van der Waals surface area contributed by atoms with Gasteiger partial charge in [-0.05, 0) is 17.7 Å². The molecule has 0 spiro atoms. The largest absolute Gasteiger partial charge is 0.493 e. The Labute approximate surface area is 176 Å². The van der Waals surface area contributed by atoms with Gasteiger partial charge >= 0.3 is 0 Å². The molecule has 5 rings (SSSR count). The van der Waals surface area contributed by atoms with Crippen LogP contribution < -0.4 is 15.6 Å². The van der Waals surface area contributed by atoms with Crippen LogP contribution >= 0.6 is 11.3 Å². The summed E-state index contributed by atoms with van der Waals surface area (Å²) in [7, 11) is 0. The molecule has 0 saturated carbocycles. The maximum Gasteiger partial charge on any atom is 0.271 e. The van der Waals surface area contributed by atoms with E-state index in [4.69, 9.17) is 4.74 Å². The molecule has 1 atom stereocenters. The van der Waals surface area contributed by atoms with E-state index in [1.54, 1.807) is 0 Å². The molecule has 0 saturated heterocycles. The van der Waals surface area contributed by atoms with E-state index in [2.05, 4.69) is 10.3 Å². The summed E-state index contributed by atoms with van der Waals surface area (Å²) in [4.78, 5) is 31.0. The summed E-state index contributed by atoms with van der Waals surface area (Å²) in [5.41, 5.74) is 2.46. The van der Waals surface area contributed by atoms with Crippen molar-refractivity contribution in [2.75, 3.05) is 6.61 Å². The van der Waals surface area contributed by atoms with Gasteiger partial charge in [-0.15, -0.1) is 11.3 Å². The number of hydrogen-bond acceptors (Lipinski definition) is 5. The van der Waals surface area contributed by atoms with Crippen molar-refractivity contribution in [1.82, 2.24) is 14.9 Å². The zero-order valence-corrected chi connectivity index (χ0v) is 16.9. The quantitative estimate of drug-likeness (QED) is 0.549. The third-order valence-electron chi connectivity index (χ3n) is 5.17. The minimum atomic E-state index is -0.222. The first-order chi connectivity index (χ1) is 14.7. The van der Waals surface area contributed by atoms with Gasteiger partial charge in [0.1, 0.15) is 17.0 Å². The van der Waals surface area contributed by atoms with Crippen molar-refractivity contribution >= 4 is 27.5 Å². The molecule has 1 unspecified atom stereocenters. The van der Waals surface area contributed by atoms with E-state index in [1.165, 1.54) is 22.2 Å². The SMILES string of the molecule is O=C(Cn1cnc2cc(-c3ccccc3)sc2c1=O)NC1CCOc2ccccc21. The van der Waals surface area contributed by atoms with E-state index in [0.717, 1.165) is 21.8 Å². The lowest BCUT2D eigenvalue weighted by molar-refractivity contribution is -0.122. The summed E-state index contributed by atoms with van der Waals surface area (Å²) in [6, 6.07) is 19.4. The number of nitrogens with zero attached hydrogens (tertiary/aromatic N) is 2. The van der Waals surface area contributed by atoms with Crippen LogP contribution in [-0.4, -0.2) is 22.1 Å². The Morgan fingerprint density at radius 2 is 1.97 bits per heavy atom. The standard InChI is InChI=1S/C23H19N3O3S/c27-21(25-17-10-11-29-19-9-5-4-8-16(17)19)13-26-14-24-18-12-20(30-22(18)23(26)28)15-6-2-1-3-7-15/h1-9,12,14,17H,10-11,13H2,(H,25,27). The van der Waals surface area contributed by atoms with Crippen molar-refractivity contribution in [2.24, 2.45) is 0 Å². The number of thiophene rings is 1. The van der Waals surface area contributed by atoms with E-state index < -0.39 is 0 Å². The molecule has 150 valence electrons. The molecule has 0 radical (unpaired) electrons. The van der Waals surface area contributed by atoms with Gasteiger partial charge in [-0.1, -0.05) is 48.5 Å². The van der Waals surface area contributed by atoms with Gasteiger partial charge < -0.3 is 10.1 Å². The molecule has 0 bridgehead atoms. The molecule has 1 aliphatic heterocycles. The molecule has 0 aliphatic carbocycles. The lowest BCUT2D eigenvalue weighted by Gasteiger charge is -2.26. The molecule has 2 aromatic heterocycles. The molecular weight excluding hydrogens is 398 g/mol. The van der Waals surface area contributed by atoms with Gasteiger partial charge in [0.15, 0.2) is 0 Å². The number of amides is 1. The molecule has 30 heavy (non-hydrogen) atoms. The van der Waals surface area contributed by atoms with Crippen LogP contribution in [0.3, 0.4) is 0 Å². The van der Waals surface area contributed by atoms with Crippen molar-refractivity contribution in [3.63, 3.8) is 0 Å². The molecule has 1 aliphatic rings. The van der Waals surface area contributed by atoms with Crippen molar-refractivity contribution < 1.29 is 9.53 Å². The molecule has 4 aromatic rings. The highest BCUT2D eigenvalue weighted by atomic mass is 32.1. The smallest absolute Gasteiger partial charge is 0.271 e. The Balaban J connectivity index is 1.37. The van der Waals surface area contributed by atoms with Crippen molar-refractivity contribution in [2.45, 2.75) is 19.0 Å². The number of benzene rings is 2. The number of rotatable bonds is 4. The number of ether oxygens (including phenoxy) is 1. The maximum absolute atomic E-state index is 12.9. The second-order valence-electron chi connectivity index (χ2n) is 7.16. The summed E-state index contributed by atoms with van der Waals surface area (Å²) >= 11 is 1.40. The Morgan fingerprint density at radius 3 is 2.83 bits per heavy atom. The topological polar surface area (TPSA) is 73.2 Å². The first kappa shape index (κ1) is 18.6. The lowest BCUT2D eigenvalue weighted by atomic mass is 10.0. The Bertz CT molecular complexity index is 1280. The number of aromatic nitrogens is 2. The van der Waals surface area contributed by atoms with Gasteiger partial charge in [0, 0.05) is 16.9 Å².